The zero-order valence-corrected chi connectivity index (χ0v) is 10.2. The Bertz CT molecular complexity index is 256. The van der Waals surface area contributed by atoms with E-state index < -0.39 is 0 Å². The van der Waals surface area contributed by atoms with E-state index in [1.807, 2.05) is 0 Å². The van der Waals surface area contributed by atoms with E-state index in [4.69, 9.17) is 0 Å². The van der Waals surface area contributed by atoms with E-state index >= 15 is 0 Å². The van der Waals surface area contributed by atoms with Crippen LogP contribution in [-0.2, 0) is 9.59 Å². The molecule has 5 heteroatoms. The van der Waals surface area contributed by atoms with Crippen LogP contribution in [0.5, 0.6) is 0 Å². The van der Waals surface area contributed by atoms with Crippen molar-refractivity contribution in [2.24, 2.45) is 0 Å². The summed E-state index contributed by atoms with van der Waals surface area (Å²) in [6, 6.07) is 0. The summed E-state index contributed by atoms with van der Waals surface area (Å²) in [5, 5.41) is 3.06. The minimum absolute atomic E-state index is 0.0251. The Balaban J connectivity index is 2.40. The summed E-state index contributed by atoms with van der Waals surface area (Å²) in [7, 11) is 1.78. The van der Waals surface area contributed by atoms with Gasteiger partial charge in [0.15, 0.2) is 0 Å². The molecule has 1 aliphatic heterocycles. The van der Waals surface area contributed by atoms with E-state index in [1.54, 1.807) is 16.8 Å². The van der Waals surface area contributed by atoms with E-state index in [0.29, 0.717) is 13.1 Å². The van der Waals surface area contributed by atoms with E-state index in [1.165, 1.54) is 0 Å². The van der Waals surface area contributed by atoms with Crippen LogP contribution < -0.4 is 5.32 Å². The highest BCUT2D eigenvalue weighted by molar-refractivity contribution is 5.86. The predicted octanol–water partition coefficient (Wildman–Crippen LogP) is -0.323. The first-order valence-corrected chi connectivity index (χ1v) is 5.87. The van der Waals surface area contributed by atoms with Crippen LogP contribution in [-0.4, -0.2) is 61.4 Å². The zero-order valence-electron chi connectivity index (χ0n) is 10.2. The van der Waals surface area contributed by atoms with Crippen LogP contribution in [0.3, 0.4) is 0 Å². The molecule has 0 radical (unpaired) electrons. The molecular formula is C11H21N3O2. The molecule has 1 aliphatic rings. The van der Waals surface area contributed by atoms with Gasteiger partial charge in [0, 0.05) is 20.1 Å². The highest BCUT2D eigenvalue weighted by atomic mass is 16.2. The van der Waals surface area contributed by atoms with Crippen molar-refractivity contribution < 1.29 is 9.59 Å². The van der Waals surface area contributed by atoms with E-state index in [2.05, 4.69) is 12.2 Å². The average Bonchev–Trinajstić information content (AvgIpc) is 2.42. The molecule has 0 saturated carbocycles. The molecule has 1 heterocycles. The van der Waals surface area contributed by atoms with Gasteiger partial charge in [0.25, 0.3) is 0 Å². The number of likely N-dealkylation sites (N-methyl/N-ethyl adjacent to an activating group) is 1. The van der Waals surface area contributed by atoms with E-state index in [-0.39, 0.29) is 18.4 Å². The quantitative estimate of drug-likeness (QED) is 0.670. The lowest BCUT2D eigenvalue weighted by Crippen LogP contribution is -2.42. The van der Waals surface area contributed by atoms with Gasteiger partial charge in [-0.05, 0) is 19.4 Å². The summed E-state index contributed by atoms with van der Waals surface area (Å²) in [5.41, 5.74) is 0. The molecule has 0 aromatic rings. The molecule has 2 amide bonds. The number of nitrogens with one attached hydrogen (secondary N) is 1. The van der Waals surface area contributed by atoms with Crippen LogP contribution in [0, 0.1) is 0 Å². The second-order valence-electron chi connectivity index (χ2n) is 4.16. The van der Waals surface area contributed by atoms with E-state index in [9.17, 15) is 9.59 Å². The maximum Gasteiger partial charge on any atom is 0.241 e. The Morgan fingerprint density at radius 2 is 2.19 bits per heavy atom. The first kappa shape index (κ1) is 13.0. The third kappa shape index (κ3) is 3.81. The van der Waals surface area contributed by atoms with Crippen molar-refractivity contribution in [2.75, 3.05) is 39.8 Å². The fourth-order valence-electron chi connectivity index (χ4n) is 1.68. The summed E-state index contributed by atoms with van der Waals surface area (Å²) >= 11 is 0. The Labute approximate surface area is 96.8 Å². The van der Waals surface area contributed by atoms with Crippen LogP contribution in [0.1, 0.15) is 19.8 Å². The number of rotatable bonds is 4. The topological polar surface area (TPSA) is 52.7 Å². The maximum absolute atomic E-state index is 11.8. The van der Waals surface area contributed by atoms with Gasteiger partial charge in [-0.15, -0.1) is 0 Å². The summed E-state index contributed by atoms with van der Waals surface area (Å²) in [6.45, 7) is 4.89. The molecule has 92 valence electrons. The van der Waals surface area contributed by atoms with Crippen molar-refractivity contribution >= 4 is 11.8 Å². The highest BCUT2D eigenvalue weighted by Gasteiger charge is 2.22. The molecule has 1 N–H and O–H groups in total. The lowest BCUT2D eigenvalue weighted by Gasteiger charge is -2.19. The molecular weight excluding hydrogens is 206 g/mol. The Morgan fingerprint density at radius 3 is 2.88 bits per heavy atom. The van der Waals surface area contributed by atoms with Gasteiger partial charge in [-0.1, -0.05) is 6.92 Å². The van der Waals surface area contributed by atoms with Gasteiger partial charge in [-0.3, -0.25) is 9.59 Å². The van der Waals surface area contributed by atoms with E-state index in [0.717, 1.165) is 25.9 Å². The monoisotopic (exact) mass is 227 g/mol. The molecule has 1 saturated heterocycles. The van der Waals surface area contributed by atoms with Crippen molar-refractivity contribution in [3.05, 3.63) is 0 Å². The first-order valence-electron chi connectivity index (χ1n) is 5.87. The van der Waals surface area contributed by atoms with Gasteiger partial charge in [-0.2, -0.15) is 0 Å². The van der Waals surface area contributed by atoms with Gasteiger partial charge in [0.05, 0.1) is 13.1 Å². The van der Waals surface area contributed by atoms with Gasteiger partial charge in [-0.25, -0.2) is 0 Å². The molecule has 0 aliphatic carbocycles. The Hall–Kier alpha value is -1.10. The molecule has 1 fully saturated rings. The summed E-state index contributed by atoms with van der Waals surface area (Å²) in [4.78, 5) is 26.7. The second-order valence-corrected chi connectivity index (χ2v) is 4.16. The molecule has 0 aromatic heterocycles. The minimum atomic E-state index is 0.0251. The number of nitrogens with zero attached hydrogens (tertiary/aromatic N) is 2. The highest BCUT2D eigenvalue weighted by Crippen LogP contribution is 2.02. The summed E-state index contributed by atoms with van der Waals surface area (Å²) in [5.74, 6) is 0.0541. The van der Waals surface area contributed by atoms with Gasteiger partial charge >= 0.3 is 0 Å². The van der Waals surface area contributed by atoms with Crippen LogP contribution in [0.4, 0.5) is 0 Å². The number of amides is 2. The molecule has 16 heavy (non-hydrogen) atoms. The van der Waals surface area contributed by atoms with Crippen LogP contribution in [0.15, 0.2) is 0 Å². The predicted molar refractivity (Wildman–Crippen MR) is 62.0 cm³/mol. The minimum Gasteiger partial charge on any atom is -0.344 e. The van der Waals surface area contributed by atoms with Crippen molar-refractivity contribution in [3.8, 4) is 0 Å². The number of carbonyl (C=O) groups excluding carboxylic acids is 2. The lowest BCUT2D eigenvalue weighted by molar-refractivity contribution is -0.137. The fraction of sp³-hybridized carbons (Fsp3) is 0.818. The number of hydrogen-bond acceptors (Lipinski definition) is 3. The number of carbonyl (C=O) groups is 2. The second kappa shape index (κ2) is 6.48. The zero-order chi connectivity index (χ0) is 12.0. The van der Waals surface area contributed by atoms with Crippen molar-refractivity contribution in [3.63, 3.8) is 0 Å². The molecule has 0 spiro atoms. The first-order chi connectivity index (χ1) is 7.65. The standard InChI is InChI=1S/C11H21N3O2/c1-3-5-12-8-10(15)14-7-4-6-13(2)11(16)9-14/h12H,3-9H2,1-2H3. The normalized spacial score (nSPS) is 17.5. The van der Waals surface area contributed by atoms with Crippen LogP contribution in [0.2, 0.25) is 0 Å². The Morgan fingerprint density at radius 1 is 1.44 bits per heavy atom. The van der Waals surface area contributed by atoms with Crippen LogP contribution in [0.25, 0.3) is 0 Å². The van der Waals surface area contributed by atoms with Crippen molar-refractivity contribution in [2.45, 2.75) is 19.8 Å². The summed E-state index contributed by atoms with van der Waals surface area (Å²) in [6.07, 6.45) is 1.87. The van der Waals surface area contributed by atoms with Crippen molar-refractivity contribution in [1.82, 2.24) is 15.1 Å². The molecule has 0 unspecified atom stereocenters. The molecule has 0 aromatic carbocycles. The summed E-state index contributed by atoms with van der Waals surface area (Å²) < 4.78 is 0. The van der Waals surface area contributed by atoms with Gasteiger partial charge < -0.3 is 15.1 Å². The third-order valence-corrected chi connectivity index (χ3v) is 2.73. The lowest BCUT2D eigenvalue weighted by atomic mass is 10.3. The molecule has 0 atom stereocenters. The molecule has 1 rings (SSSR count). The van der Waals surface area contributed by atoms with Gasteiger partial charge in [0.2, 0.25) is 11.8 Å². The Kier molecular flexibility index (Phi) is 5.25. The third-order valence-electron chi connectivity index (χ3n) is 2.73. The largest absolute Gasteiger partial charge is 0.344 e. The fourth-order valence-corrected chi connectivity index (χ4v) is 1.68. The molecule has 5 nitrogen and oxygen atoms in total. The smallest absolute Gasteiger partial charge is 0.241 e. The van der Waals surface area contributed by atoms with Gasteiger partial charge in [0.1, 0.15) is 0 Å². The van der Waals surface area contributed by atoms with Crippen molar-refractivity contribution in [1.29, 1.82) is 0 Å². The maximum atomic E-state index is 11.8. The number of hydrogen-bond donors (Lipinski definition) is 1. The average molecular weight is 227 g/mol. The molecule has 0 bridgehead atoms. The van der Waals surface area contributed by atoms with Crippen LogP contribution >= 0.6 is 0 Å². The SMILES string of the molecule is CCCNCC(=O)N1CCCN(C)C(=O)C1.